The number of amides is 1. The van der Waals surface area contributed by atoms with Gasteiger partial charge in [-0.3, -0.25) is 9.35 Å². The highest BCUT2D eigenvalue weighted by atomic mass is 32.2. The summed E-state index contributed by atoms with van der Waals surface area (Å²) in [5.41, 5.74) is 0. The average molecular weight is 343 g/mol. The van der Waals surface area contributed by atoms with E-state index < -0.39 is 40.5 Å². The lowest BCUT2D eigenvalue weighted by Gasteiger charge is -2.18. The van der Waals surface area contributed by atoms with Crippen molar-refractivity contribution in [2.75, 3.05) is 12.3 Å². The van der Waals surface area contributed by atoms with E-state index in [1.165, 1.54) is 6.92 Å². The highest BCUT2D eigenvalue weighted by Gasteiger charge is 2.14. The van der Waals surface area contributed by atoms with Crippen molar-refractivity contribution in [1.82, 2.24) is 5.32 Å². The van der Waals surface area contributed by atoms with Crippen molar-refractivity contribution in [2.24, 2.45) is 0 Å². The van der Waals surface area contributed by atoms with Gasteiger partial charge in [0.15, 0.2) is 6.29 Å². The molecule has 0 aliphatic heterocycles. The highest BCUT2D eigenvalue weighted by Crippen LogP contribution is 2.06. The summed E-state index contributed by atoms with van der Waals surface area (Å²) in [6.07, 6.45) is -3.00. The average Bonchev–Trinajstić information content (AvgIpc) is 2.32. The quantitative estimate of drug-likeness (QED) is 0.229. The number of ether oxygens (including phenoxy) is 2. The lowest BCUT2D eigenvalue weighted by Crippen LogP contribution is -2.32. The molecule has 11 heteroatoms. The maximum atomic E-state index is 11.3. The Balaban J connectivity index is 3.78. The second kappa shape index (κ2) is 10.3. The van der Waals surface area contributed by atoms with Crippen molar-refractivity contribution >= 4 is 22.2 Å². The molecule has 0 fully saturated rings. The fourth-order valence-electron chi connectivity index (χ4n) is 1.38. The summed E-state index contributed by atoms with van der Waals surface area (Å²) < 4.78 is 39.0. The van der Waals surface area contributed by atoms with Crippen LogP contribution in [0.1, 0.15) is 32.6 Å². The summed E-state index contributed by atoms with van der Waals surface area (Å²) >= 11 is 0. The van der Waals surface area contributed by atoms with Gasteiger partial charge in [0.1, 0.15) is 0 Å². The topological polar surface area (TPSA) is 159 Å². The molecule has 0 bridgehead atoms. The number of aliphatic hydroxyl groups excluding tert-OH is 1. The molecule has 2 atom stereocenters. The number of nitrogens with one attached hydrogen (secondary N) is 1. The summed E-state index contributed by atoms with van der Waals surface area (Å²) in [5, 5.41) is 20.1. The Bertz CT molecular complexity index is 450. The van der Waals surface area contributed by atoms with Gasteiger partial charge in [0.05, 0.1) is 5.75 Å². The number of aliphatic hydroxyl groups is 1. The van der Waals surface area contributed by atoms with Gasteiger partial charge in [0.25, 0.3) is 10.1 Å². The molecule has 1 unspecified atom stereocenters. The van der Waals surface area contributed by atoms with Gasteiger partial charge in [0.2, 0.25) is 6.29 Å². The number of rotatable bonds is 11. The van der Waals surface area contributed by atoms with Crippen molar-refractivity contribution in [3.05, 3.63) is 0 Å². The van der Waals surface area contributed by atoms with Gasteiger partial charge < -0.3 is 25.0 Å². The molecular weight excluding hydrogens is 322 g/mol. The van der Waals surface area contributed by atoms with E-state index in [1.807, 2.05) is 0 Å². The Morgan fingerprint density at radius 3 is 2.45 bits per heavy atom. The number of carboxylic acids is 1. The largest absolute Gasteiger partial charge is 0.481 e. The fraction of sp³-hybridized carbons (Fsp3) is 0.818. The van der Waals surface area contributed by atoms with Gasteiger partial charge in [-0.25, -0.2) is 4.79 Å². The van der Waals surface area contributed by atoms with Gasteiger partial charge in [0, 0.05) is 13.0 Å². The van der Waals surface area contributed by atoms with Crippen LogP contribution in [0, 0.1) is 0 Å². The van der Waals surface area contributed by atoms with Gasteiger partial charge in [-0.15, -0.1) is 0 Å². The predicted molar refractivity (Wildman–Crippen MR) is 73.6 cm³/mol. The second-order valence-corrected chi connectivity index (χ2v) is 5.99. The molecule has 0 saturated carbocycles. The highest BCUT2D eigenvalue weighted by molar-refractivity contribution is 7.85. The molecule has 0 aromatic heterocycles. The lowest BCUT2D eigenvalue weighted by atomic mass is 10.2. The monoisotopic (exact) mass is 343 g/mol. The molecule has 0 radical (unpaired) electrons. The maximum Gasteiger partial charge on any atom is 0.409 e. The second-order valence-electron chi connectivity index (χ2n) is 4.42. The van der Waals surface area contributed by atoms with Crippen LogP contribution in [0.5, 0.6) is 0 Å². The van der Waals surface area contributed by atoms with Crippen LogP contribution in [0.3, 0.4) is 0 Å². The number of hydrogen-bond donors (Lipinski definition) is 4. The van der Waals surface area contributed by atoms with E-state index in [-0.39, 0.29) is 32.2 Å². The first-order valence-electron chi connectivity index (χ1n) is 6.55. The van der Waals surface area contributed by atoms with Crippen molar-refractivity contribution in [3.8, 4) is 0 Å². The van der Waals surface area contributed by atoms with E-state index in [1.54, 1.807) is 0 Å². The molecule has 22 heavy (non-hydrogen) atoms. The zero-order valence-corrected chi connectivity index (χ0v) is 12.9. The Labute approximate surface area is 128 Å². The zero-order chi connectivity index (χ0) is 17.2. The maximum absolute atomic E-state index is 11.3. The summed E-state index contributed by atoms with van der Waals surface area (Å²) in [4.78, 5) is 21.6. The zero-order valence-electron chi connectivity index (χ0n) is 12.1. The molecular formula is C11H21NO9S. The molecule has 130 valence electrons. The third kappa shape index (κ3) is 13.5. The molecule has 4 N–H and O–H groups in total. The number of hydrogen-bond acceptors (Lipinski definition) is 7. The summed E-state index contributed by atoms with van der Waals surface area (Å²) in [5.74, 6) is -1.47. The number of alkyl carbamates (subject to hydrolysis) is 1. The third-order valence-electron chi connectivity index (χ3n) is 2.31. The predicted octanol–water partition coefficient (Wildman–Crippen LogP) is -0.0736. The number of aliphatic carboxylic acids is 1. The van der Waals surface area contributed by atoms with Crippen molar-refractivity contribution in [2.45, 2.75) is 45.2 Å². The molecule has 1 amide bonds. The number of carbonyl (C=O) groups is 2. The van der Waals surface area contributed by atoms with Gasteiger partial charge in [-0.1, -0.05) is 0 Å². The minimum absolute atomic E-state index is 0.0149. The van der Waals surface area contributed by atoms with Gasteiger partial charge >= 0.3 is 12.1 Å². The van der Waals surface area contributed by atoms with Crippen LogP contribution in [-0.4, -0.2) is 60.1 Å². The van der Waals surface area contributed by atoms with Crippen molar-refractivity contribution < 1.29 is 42.2 Å². The molecule has 0 aromatic carbocycles. The van der Waals surface area contributed by atoms with Gasteiger partial charge in [-0.2, -0.15) is 8.42 Å². The minimum atomic E-state index is -4.07. The first-order valence-corrected chi connectivity index (χ1v) is 8.16. The summed E-state index contributed by atoms with van der Waals surface area (Å²) in [6.45, 7) is 1.34. The van der Waals surface area contributed by atoms with Crippen LogP contribution in [0.25, 0.3) is 0 Å². The van der Waals surface area contributed by atoms with E-state index >= 15 is 0 Å². The Morgan fingerprint density at radius 2 is 1.91 bits per heavy atom. The number of carbonyl (C=O) groups excluding carboxylic acids is 1. The third-order valence-corrected chi connectivity index (χ3v) is 3.12. The van der Waals surface area contributed by atoms with Crippen LogP contribution in [0.2, 0.25) is 0 Å². The standard InChI is InChI=1S/C11H21NO9S/c1-8(20-10(15)5-2-4-9(13)14)21-11(16)12-6-3-7-22(17,18)19/h8,10,15H,2-7H2,1H3,(H,12,16)(H,13,14)(H,17,18,19)/t8?,10-/m0/s1. The van der Waals surface area contributed by atoms with Crippen LogP contribution in [0.15, 0.2) is 0 Å². The molecule has 0 rings (SSSR count). The molecule has 0 aromatic rings. The lowest BCUT2D eigenvalue weighted by molar-refractivity contribution is -0.201. The number of carboxylic acid groups (broad SMARTS) is 1. The van der Waals surface area contributed by atoms with Crippen molar-refractivity contribution in [3.63, 3.8) is 0 Å². The molecule has 0 aliphatic rings. The SMILES string of the molecule is CC(OC(=O)NCCCS(=O)(=O)O)O[C@H](O)CCCC(=O)O. The summed E-state index contributed by atoms with van der Waals surface area (Å²) in [7, 11) is -4.07. The Kier molecular flexibility index (Phi) is 9.65. The smallest absolute Gasteiger partial charge is 0.409 e. The molecule has 0 aliphatic carbocycles. The molecule has 0 heterocycles. The Hall–Kier alpha value is -1.43. The van der Waals surface area contributed by atoms with Gasteiger partial charge in [-0.05, 0) is 26.2 Å². The van der Waals surface area contributed by atoms with E-state index in [4.69, 9.17) is 19.1 Å². The molecule has 0 spiro atoms. The van der Waals surface area contributed by atoms with E-state index in [2.05, 4.69) is 5.32 Å². The minimum Gasteiger partial charge on any atom is -0.481 e. The normalized spacial score (nSPS) is 14.1. The molecule has 0 saturated heterocycles. The van der Waals surface area contributed by atoms with E-state index in [0.29, 0.717) is 0 Å². The Morgan fingerprint density at radius 1 is 1.27 bits per heavy atom. The molecule has 10 nitrogen and oxygen atoms in total. The van der Waals surface area contributed by atoms with E-state index in [9.17, 15) is 23.1 Å². The van der Waals surface area contributed by atoms with Crippen LogP contribution in [-0.2, 0) is 24.4 Å². The van der Waals surface area contributed by atoms with E-state index in [0.717, 1.165) is 0 Å². The first kappa shape index (κ1) is 20.6. The van der Waals surface area contributed by atoms with Crippen LogP contribution >= 0.6 is 0 Å². The van der Waals surface area contributed by atoms with Crippen LogP contribution in [0.4, 0.5) is 4.79 Å². The fourth-order valence-corrected chi connectivity index (χ4v) is 1.89. The van der Waals surface area contributed by atoms with Crippen molar-refractivity contribution in [1.29, 1.82) is 0 Å². The van der Waals surface area contributed by atoms with Crippen LogP contribution < -0.4 is 5.32 Å². The first-order chi connectivity index (χ1) is 10.1. The summed E-state index contributed by atoms with van der Waals surface area (Å²) in [6, 6.07) is 0.